The predicted octanol–water partition coefficient (Wildman–Crippen LogP) is 2.97. The van der Waals surface area contributed by atoms with E-state index >= 15 is 0 Å². The fourth-order valence-corrected chi connectivity index (χ4v) is 2.08. The first-order valence-electron chi connectivity index (χ1n) is 7.01. The molecular formula is C15H24N2O. The van der Waals surface area contributed by atoms with Gasteiger partial charge in [0.15, 0.2) is 0 Å². The van der Waals surface area contributed by atoms with Crippen LogP contribution < -0.4 is 10.1 Å². The molecule has 2 atom stereocenters. The summed E-state index contributed by atoms with van der Waals surface area (Å²) in [5, 5.41) is 3.60. The summed E-state index contributed by atoms with van der Waals surface area (Å²) >= 11 is 0. The highest BCUT2D eigenvalue weighted by molar-refractivity contribution is 5.26. The Morgan fingerprint density at radius 3 is 2.83 bits per heavy atom. The van der Waals surface area contributed by atoms with Crippen molar-refractivity contribution in [1.29, 1.82) is 0 Å². The van der Waals surface area contributed by atoms with Gasteiger partial charge in [0.2, 0.25) is 0 Å². The molecule has 0 saturated heterocycles. The van der Waals surface area contributed by atoms with Crippen LogP contribution in [0, 0.1) is 5.92 Å². The molecule has 18 heavy (non-hydrogen) atoms. The van der Waals surface area contributed by atoms with E-state index in [2.05, 4.69) is 30.2 Å². The van der Waals surface area contributed by atoms with E-state index in [0.29, 0.717) is 18.4 Å². The summed E-state index contributed by atoms with van der Waals surface area (Å²) in [6, 6.07) is 2.90. The summed E-state index contributed by atoms with van der Waals surface area (Å²) in [5.41, 5.74) is 1.27. The fourth-order valence-electron chi connectivity index (χ4n) is 2.08. The maximum atomic E-state index is 5.51. The lowest BCUT2D eigenvalue weighted by Gasteiger charge is -2.21. The van der Waals surface area contributed by atoms with Gasteiger partial charge in [-0.3, -0.25) is 4.98 Å². The summed E-state index contributed by atoms with van der Waals surface area (Å²) in [4.78, 5) is 4.27. The smallest absolute Gasteiger partial charge is 0.137 e. The van der Waals surface area contributed by atoms with Crippen molar-refractivity contribution in [2.24, 2.45) is 5.92 Å². The lowest BCUT2D eigenvalue weighted by molar-refractivity contribution is 0.337. The number of pyridine rings is 1. The van der Waals surface area contributed by atoms with Gasteiger partial charge in [0.1, 0.15) is 5.75 Å². The Balaban J connectivity index is 1.92. The second-order valence-electron chi connectivity index (χ2n) is 5.34. The third kappa shape index (κ3) is 3.70. The first-order valence-corrected chi connectivity index (χ1v) is 7.01. The number of aromatic nitrogens is 1. The highest BCUT2D eigenvalue weighted by Crippen LogP contribution is 2.27. The van der Waals surface area contributed by atoms with E-state index in [1.54, 1.807) is 6.20 Å². The van der Waals surface area contributed by atoms with Crippen molar-refractivity contribution in [3.8, 4) is 5.75 Å². The third-order valence-corrected chi connectivity index (χ3v) is 3.73. The van der Waals surface area contributed by atoms with Crippen LogP contribution in [0.2, 0.25) is 0 Å². The molecule has 100 valence electrons. The van der Waals surface area contributed by atoms with Crippen molar-refractivity contribution < 1.29 is 4.74 Å². The lowest BCUT2D eigenvalue weighted by atomic mass is 9.90. The maximum Gasteiger partial charge on any atom is 0.137 e. The van der Waals surface area contributed by atoms with Crippen LogP contribution in [0.3, 0.4) is 0 Å². The van der Waals surface area contributed by atoms with Crippen LogP contribution in [0.15, 0.2) is 18.5 Å². The van der Waals surface area contributed by atoms with Gasteiger partial charge in [-0.1, -0.05) is 13.8 Å². The molecule has 2 unspecified atom stereocenters. The average Bonchev–Trinajstić information content (AvgIpc) is 3.20. The molecule has 2 rings (SSSR count). The van der Waals surface area contributed by atoms with Crippen LogP contribution in [0.1, 0.15) is 45.1 Å². The maximum absolute atomic E-state index is 5.51. The molecule has 0 aromatic carbocycles. The largest absolute Gasteiger partial charge is 0.492 e. The molecule has 0 bridgehead atoms. The van der Waals surface area contributed by atoms with Crippen molar-refractivity contribution in [3.63, 3.8) is 0 Å². The van der Waals surface area contributed by atoms with Crippen LogP contribution >= 0.6 is 0 Å². The summed E-state index contributed by atoms with van der Waals surface area (Å²) in [6.07, 6.45) is 6.44. The minimum Gasteiger partial charge on any atom is -0.492 e. The Bertz CT molecular complexity index is 377. The number of nitrogens with zero attached hydrogens (tertiary/aromatic N) is 1. The van der Waals surface area contributed by atoms with Gasteiger partial charge in [-0.25, -0.2) is 0 Å². The average molecular weight is 248 g/mol. The first kappa shape index (κ1) is 13.3. The molecule has 0 aliphatic heterocycles. The summed E-state index contributed by atoms with van der Waals surface area (Å²) in [5.74, 6) is 2.00. The van der Waals surface area contributed by atoms with Gasteiger partial charge < -0.3 is 10.1 Å². The molecule has 1 heterocycles. The van der Waals surface area contributed by atoms with E-state index in [0.717, 1.165) is 18.3 Å². The fraction of sp³-hybridized carbons (Fsp3) is 0.667. The zero-order chi connectivity index (χ0) is 13.0. The van der Waals surface area contributed by atoms with E-state index < -0.39 is 0 Å². The Kier molecular flexibility index (Phi) is 4.59. The highest BCUT2D eigenvalue weighted by atomic mass is 16.5. The van der Waals surface area contributed by atoms with Crippen molar-refractivity contribution in [3.05, 3.63) is 24.0 Å². The third-order valence-electron chi connectivity index (χ3n) is 3.73. The number of nitrogens with one attached hydrogen (secondary N) is 1. The van der Waals surface area contributed by atoms with Gasteiger partial charge in [-0.05, 0) is 49.8 Å². The zero-order valence-electron chi connectivity index (χ0n) is 11.6. The molecule has 1 aliphatic carbocycles. The van der Waals surface area contributed by atoms with Crippen LogP contribution in [-0.2, 0) is 0 Å². The topological polar surface area (TPSA) is 34.1 Å². The summed E-state index contributed by atoms with van der Waals surface area (Å²) < 4.78 is 5.51. The van der Waals surface area contributed by atoms with E-state index in [-0.39, 0.29) is 0 Å². The molecule has 1 aromatic rings. The minimum absolute atomic E-state index is 0.504. The first-order chi connectivity index (χ1) is 8.70. The predicted molar refractivity (Wildman–Crippen MR) is 74.0 cm³/mol. The van der Waals surface area contributed by atoms with E-state index in [1.165, 1.54) is 18.4 Å². The van der Waals surface area contributed by atoms with Gasteiger partial charge in [-0.2, -0.15) is 0 Å². The monoisotopic (exact) mass is 248 g/mol. The van der Waals surface area contributed by atoms with Crippen molar-refractivity contribution >= 4 is 0 Å². The van der Waals surface area contributed by atoms with Crippen LogP contribution in [0.5, 0.6) is 5.75 Å². The Morgan fingerprint density at radius 1 is 1.39 bits per heavy atom. The second-order valence-corrected chi connectivity index (χ2v) is 5.34. The molecule has 0 radical (unpaired) electrons. The van der Waals surface area contributed by atoms with Gasteiger partial charge in [0, 0.05) is 12.2 Å². The van der Waals surface area contributed by atoms with Crippen molar-refractivity contribution in [2.75, 3.05) is 13.2 Å². The molecule has 3 heteroatoms. The van der Waals surface area contributed by atoms with Gasteiger partial charge >= 0.3 is 0 Å². The summed E-state index contributed by atoms with van der Waals surface area (Å²) in [6.45, 7) is 8.35. The number of rotatable bonds is 7. The Morgan fingerprint density at radius 2 is 2.17 bits per heavy atom. The number of ether oxygens (including phenoxy) is 1. The Hall–Kier alpha value is -1.09. The van der Waals surface area contributed by atoms with E-state index in [4.69, 9.17) is 4.74 Å². The zero-order valence-corrected chi connectivity index (χ0v) is 11.6. The molecule has 1 N–H and O–H groups in total. The molecule has 0 spiro atoms. The molecule has 1 aromatic heterocycles. The quantitative estimate of drug-likeness (QED) is 0.805. The molecule has 1 fully saturated rings. The number of hydrogen-bond donors (Lipinski definition) is 1. The van der Waals surface area contributed by atoms with Crippen molar-refractivity contribution in [1.82, 2.24) is 10.3 Å². The normalized spacial score (nSPS) is 18.4. The molecule has 1 saturated carbocycles. The number of hydrogen-bond acceptors (Lipinski definition) is 3. The second kappa shape index (κ2) is 6.19. The summed E-state index contributed by atoms with van der Waals surface area (Å²) in [7, 11) is 0. The van der Waals surface area contributed by atoms with Gasteiger partial charge in [0.05, 0.1) is 12.8 Å². The molecule has 0 amide bonds. The SMILES string of the molecule is CCOc1cncc(C(C)C(C)CNC2CC2)c1. The van der Waals surface area contributed by atoms with E-state index in [9.17, 15) is 0 Å². The van der Waals surface area contributed by atoms with Crippen LogP contribution in [-0.4, -0.2) is 24.2 Å². The Labute approximate surface area is 110 Å². The van der Waals surface area contributed by atoms with Crippen LogP contribution in [0.4, 0.5) is 0 Å². The van der Waals surface area contributed by atoms with E-state index in [1.807, 2.05) is 13.1 Å². The highest BCUT2D eigenvalue weighted by Gasteiger charge is 2.23. The standard InChI is InChI=1S/C15H24N2O/c1-4-18-15-7-13(9-16-10-15)12(3)11(2)8-17-14-5-6-14/h7,9-12,14,17H,4-6,8H2,1-3H3. The molecular weight excluding hydrogens is 224 g/mol. The van der Waals surface area contributed by atoms with Crippen LogP contribution in [0.25, 0.3) is 0 Å². The molecule has 1 aliphatic rings. The van der Waals surface area contributed by atoms with Gasteiger partial charge in [0.25, 0.3) is 0 Å². The van der Waals surface area contributed by atoms with Crippen molar-refractivity contribution in [2.45, 2.75) is 45.6 Å². The minimum atomic E-state index is 0.504. The molecule has 3 nitrogen and oxygen atoms in total. The lowest BCUT2D eigenvalue weighted by Crippen LogP contribution is -2.26. The van der Waals surface area contributed by atoms with Gasteiger partial charge in [-0.15, -0.1) is 0 Å².